The zero-order chi connectivity index (χ0) is 21.8. The van der Waals surface area contributed by atoms with Crippen LogP contribution in [0.25, 0.3) is 0 Å². The van der Waals surface area contributed by atoms with Crippen molar-refractivity contribution in [2.75, 3.05) is 24.9 Å². The molecule has 1 atom stereocenters. The lowest BCUT2D eigenvalue weighted by Crippen LogP contribution is -2.24. The number of benzene rings is 2. The van der Waals surface area contributed by atoms with Gasteiger partial charge in [-0.3, -0.25) is 14.9 Å². The van der Waals surface area contributed by atoms with Gasteiger partial charge in [-0.1, -0.05) is 42.1 Å². The number of aromatic nitrogens is 3. The molecule has 1 aromatic heterocycles. The molecule has 2 N–H and O–H groups in total. The van der Waals surface area contributed by atoms with Gasteiger partial charge in [0.25, 0.3) is 5.91 Å². The number of ether oxygens (including phenoxy) is 2. The Morgan fingerprint density at radius 1 is 1.19 bits per heavy atom. The van der Waals surface area contributed by atoms with Gasteiger partial charge in [0.2, 0.25) is 17.0 Å². The Kier molecular flexibility index (Phi) is 6.08. The van der Waals surface area contributed by atoms with Crippen LogP contribution in [0.5, 0.6) is 11.5 Å². The first-order chi connectivity index (χ1) is 15.1. The number of hydrogen-bond donors (Lipinski definition) is 2. The smallest absolute Gasteiger partial charge is 0.252 e. The van der Waals surface area contributed by atoms with E-state index in [4.69, 9.17) is 9.47 Å². The molecule has 0 bridgehead atoms. The van der Waals surface area contributed by atoms with Gasteiger partial charge in [0.1, 0.15) is 17.5 Å². The summed E-state index contributed by atoms with van der Waals surface area (Å²) in [6, 6.07) is 14.3. The van der Waals surface area contributed by atoms with E-state index in [0.717, 1.165) is 5.56 Å². The van der Waals surface area contributed by atoms with E-state index in [1.807, 2.05) is 30.3 Å². The van der Waals surface area contributed by atoms with Gasteiger partial charge in [-0.15, -0.1) is 5.10 Å². The maximum absolute atomic E-state index is 12.7. The molecule has 1 unspecified atom stereocenters. The van der Waals surface area contributed by atoms with Crippen LogP contribution in [0, 0.1) is 0 Å². The van der Waals surface area contributed by atoms with E-state index in [9.17, 15) is 9.59 Å². The SMILES string of the molecule is COc1ccc(OC)c(NC(=O)CC2C(=O)Nc3nc(SCc4ccccc4)nn32)c1. The number of thioether (sulfide) groups is 1. The molecule has 0 spiro atoms. The first-order valence-electron chi connectivity index (χ1n) is 9.53. The molecule has 0 fully saturated rings. The predicted molar refractivity (Wildman–Crippen MR) is 116 cm³/mol. The molecular formula is C21H21N5O4S. The van der Waals surface area contributed by atoms with Crippen molar-refractivity contribution in [2.45, 2.75) is 23.4 Å². The van der Waals surface area contributed by atoms with Gasteiger partial charge in [0, 0.05) is 11.8 Å². The number of methoxy groups -OCH3 is 2. The number of rotatable bonds is 8. The number of nitrogens with zero attached hydrogens (tertiary/aromatic N) is 3. The summed E-state index contributed by atoms with van der Waals surface area (Å²) in [5.41, 5.74) is 1.61. The van der Waals surface area contributed by atoms with Crippen LogP contribution in [0.4, 0.5) is 11.6 Å². The van der Waals surface area contributed by atoms with Crippen LogP contribution in [-0.4, -0.2) is 40.8 Å². The molecule has 2 heterocycles. The molecule has 9 nitrogen and oxygen atoms in total. The summed E-state index contributed by atoms with van der Waals surface area (Å²) in [6.45, 7) is 0. The number of carbonyl (C=O) groups is 2. The Bertz CT molecular complexity index is 1100. The van der Waals surface area contributed by atoms with Gasteiger partial charge in [-0.25, -0.2) is 4.68 Å². The third-order valence-corrected chi connectivity index (χ3v) is 5.62. The predicted octanol–water partition coefficient (Wildman–Crippen LogP) is 3.11. The highest BCUT2D eigenvalue weighted by Gasteiger charge is 2.35. The molecular weight excluding hydrogens is 418 g/mol. The van der Waals surface area contributed by atoms with E-state index in [-0.39, 0.29) is 18.2 Å². The van der Waals surface area contributed by atoms with Crippen molar-refractivity contribution < 1.29 is 19.1 Å². The number of hydrogen-bond acceptors (Lipinski definition) is 7. The molecule has 2 amide bonds. The highest BCUT2D eigenvalue weighted by atomic mass is 32.2. The molecule has 0 saturated heterocycles. The molecule has 1 aliphatic rings. The van der Waals surface area contributed by atoms with Gasteiger partial charge in [-0.05, 0) is 17.7 Å². The van der Waals surface area contributed by atoms with Crippen molar-refractivity contribution in [1.29, 1.82) is 0 Å². The lowest BCUT2D eigenvalue weighted by atomic mass is 10.2. The molecule has 160 valence electrons. The maximum Gasteiger partial charge on any atom is 0.252 e. The van der Waals surface area contributed by atoms with Crippen molar-refractivity contribution in [3.63, 3.8) is 0 Å². The first kappa shape index (κ1) is 20.7. The fourth-order valence-corrected chi connectivity index (χ4v) is 3.95. The molecule has 1 aliphatic heterocycles. The van der Waals surface area contributed by atoms with Crippen LogP contribution in [0.2, 0.25) is 0 Å². The fraction of sp³-hybridized carbons (Fsp3) is 0.238. The second kappa shape index (κ2) is 9.09. The first-order valence-corrected chi connectivity index (χ1v) is 10.5. The van der Waals surface area contributed by atoms with Crippen molar-refractivity contribution in [1.82, 2.24) is 14.8 Å². The highest BCUT2D eigenvalue weighted by Crippen LogP contribution is 2.31. The van der Waals surface area contributed by atoms with E-state index in [1.165, 1.54) is 30.7 Å². The monoisotopic (exact) mass is 439 g/mol. The van der Waals surface area contributed by atoms with Gasteiger partial charge in [0.15, 0.2) is 0 Å². The number of nitrogens with one attached hydrogen (secondary N) is 2. The Hall–Kier alpha value is -3.53. The van der Waals surface area contributed by atoms with E-state index in [1.54, 1.807) is 18.2 Å². The van der Waals surface area contributed by atoms with Gasteiger partial charge in [-0.2, -0.15) is 4.98 Å². The molecule has 0 saturated carbocycles. The normalized spacial score (nSPS) is 14.6. The summed E-state index contributed by atoms with van der Waals surface area (Å²) in [5.74, 6) is 1.45. The zero-order valence-electron chi connectivity index (χ0n) is 17.0. The van der Waals surface area contributed by atoms with Crippen LogP contribution in [0.15, 0.2) is 53.7 Å². The van der Waals surface area contributed by atoms with Crippen molar-refractivity contribution in [3.05, 3.63) is 54.1 Å². The Balaban J connectivity index is 1.43. The average molecular weight is 439 g/mol. The second-order valence-corrected chi connectivity index (χ2v) is 7.70. The minimum absolute atomic E-state index is 0.0919. The van der Waals surface area contributed by atoms with E-state index >= 15 is 0 Å². The standard InChI is InChI=1S/C21H21N5O4S/c1-29-14-8-9-17(30-2)15(10-14)22-18(27)11-16-19(28)23-20-24-21(25-26(16)20)31-12-13-6-4-3-5-7-13/h3-10,16H,11-12H2,1-2H3,(H,22,27)(H,23,24,25,28). The molecule has 3 aromatic rings. The molecule has 31 heavy (non-hydrogen) atoms. The fourth-order valence-electron chi connectivity index (χ4n) is 3.16. The van der Waals surface area contributed by atoms with Crippen LogP contribution >= 0.6 is 11.8 Å². The molecule has 2 aromatic carbocycles. The third kappa shape index (κ3) is 4.64. The van der Waals surface area contributed by atoms with E-state index in [2.05, 4.69) is 20.7 Å². The van der Waals surface area contributed by atoms with Gasteiger partial charge in [0.05, 0.1) is 26.3 Å². The van der Waals surface area contributed by atoms with Gasteiger partial charge >= 0.3 is 0 Å². The third-order valence-electron chi connectivity index (χ3n) is 4.71. The van der Waals surface area contributed by atoms with Crippen LogP contribution in [0.3, 0.4) is 0 Å². The second-order valence-electron chi connectivity index (χ2n) is 6.76. The van der Waals surface area contributed by atoms with Crippen molar-refractivity contribution in [2.24, 2.45) is 0 Å². The van der Waals surface area contributed by atoms with E-state index < -0.39 is 6.04 Å². The minimum atomic E-state index is -0.773. The zero-order valence-corrected chi connectivity index (χ0v) is 17.8. The summed E-state index contributed by atoms with van der Waals surface area (Å²) >= 11 is 1.47. The summed E-state index contributed by atoms with van der Waals surface area (Å²) in [6.07, 6.45) is -0.0919. The largest absolute Gasteiger partial charge is 0.497 e. The summed E-state index contributed by atoms with van der Waals surface area (Å²) in [5, 5.41) is 10.4. The molecule has 10 heteroatoms. The van der Waals surface area contributed by atoms with Crippen LogP contribution in [0.1, 0.15) is 18.0 Å². The lowest BCUT2D eigenvalue weighted by molar-refractivity contribution is -0.123. The van der Waals surface area contributed by atoms with Crippen molar-refractivity contribution >= 4 is 35.2 Å². The Morgan fingerprint density at radius 3 is 2.74 bits per heavy atom. The molecule has 0 radical (unpaired) electrons. The number of anilines is 2. The Labute approximate surface area is 183 Å². The van der Waals surface area contributed by atoms with Gasteiger partial charge < -0.3 is 14.8 Å². The van der Waals surface area contributed by atoms with Crippen LogP contribution < -0.4 is 20.1 Å². The van der Waals surface area contributed by atoms with Crippen molar-refractivity contribution in [3.8, 4) is 11.5 Å². The quantitative estimate of drug-likeness (QED) is 0.519. The number of fused-ring (bicyclic) bond motifs is 1. The van der Waals surface area contributed by atoms with Crippen LogP contribution in [-0.2, 0) is 15.3 Å². The summed E-state index contributed by atoms with van der Waals surface area (Å²) < 4.78 is 11.9. The van der Waals surface area contributed by atoms with E-state index in [0.29, 0.717) is 34.0 Å². The molecule has 4 rings (SSSR count). The average Bonchev–Trinajstić information content (AvgIpc) is 3.30. The number of amides is 2. The highest BCUT2D eigenvalue weighted by molar-refractivity contribution is 7.98. The minimum Gasteiger partial charge on any atom is -0.497 e. The maximum atomic E-state index is 12.7. The summed E-state index contributed by atoms with van der Waals surface area (Å²) in [7, 11) is 3.05. The lowest BCUT2D eigenvalue weighted by Gasteiger charge is -2.13. The molecule has 0 aliphatic carbocycles. The topological polar surface area (TPSA) is 107 Å². The Morgan fingerprint density at radius 2 is 2.00 bits per heavy atom. The number of carbonyl (C=O) groups excluding carboxylic acids is 2. The summed E-state index contributed by atoms with van der Waals surface area (Å²) in [4.78, 5) is 29.4.